The number of nitrogens with zero attached hydrogens (tertiary/aromatic N) is 3. The molecular weight excluding hydrogens is 503 g/mol. The number of ether oxygens (including phenoxy) is 2. The Morgan fingerprint density at radius 1 is 1.34 bits per heavy atom. The van der Waals surface area contributed by atoms with E-state index in [-0.39, 0.29) is 35.9 Å². The van der Waals surface area contributed by atoms with E-state index >= 15 is 0 Å². The molecule has 2 saturated heterocycles. The molecular formula is C20H33IN4O3S. The Bertz CT molecular complexity index is 630. The van der Waals surface area contributed by atoms with Crippen LogP contribution < -0.4 is 5.32 Å². The summed E-state index contributed by atoms with van der Waals surface area (Å²) < 4.78 is 10.7. The van der Waals surface area contributed by atoms with E-state index in [2.05, 4.69) is 37.6 Å². The third-order valence-electron chi connectivity index (χ3n) is 5.44. The highest BCUT2D eigenvalue weighted by molar-refractivity contribution is 14.0. The predicted octanol–water partition coefficient (Wildman–Crippen LogP) is 2.59. The fourth-order valence-corrected chi connectivity index (χ4v) is 4.75. The SMILES string of the molecule is CCOC(=O)C1CCN(C(=NC)NCC(c2cccs2)N2CCOCC2)CC1.I. The molecule has 0 bridgehead atoms. The van der Waals surface area contributed by atoms with Crippen molar-refractivity contribution < 1.29 is 14.3 Å². The first kappa shape index (κ1) is 24.4. The van der Waals surface area contributed by atoms with Gasteiger partial charge in [0.1, 0.15) is 0 Å². The van der Waals surface area contributed by atoms with Crippen LogP contribution in [-0.2, 0) is 14.3 Å². The molecule has 0 amide bonds. The maximum atomic E-state index is 12.0. The van der Waals surface area contributed by atoms with Crippen LogP contribution in [0.15, 0.2) is 22.5 Å². The molecule has 1 atom stereocenters. The lowest BCUT2D eigenvalue weighted by molar-refractivity contribution is -0.149. The van der Waals surface area contributed by atoms with Crippen LogP contribution in [-0.4, -0.2) is 81.3 Å². The number of carbonyl (C=O) groups is 1. The van der Waals surface area contributed by atoms with Gasteiger partial charge in [-0.1, -0.05) is 6.07 Å². The molecule has 29 heavy (non-hydrogen) atoms. The number of likely N-dealkylation sites (tertiary alicyclic amines) is 1. The number of carbonyl (C=O) groups excluding carboxylic acids is 1. The van der Waals surface area contributed by atoms with Crippen LogP contribution in [0.4, 0.5) is 0 Å². The number of rotatable bonds is 6. The molecule has 0 saturated carbocycles. The topological polar surface area (TPSA) is 66.4 Å². The largest absolute Gasteiger partial charge is 0.466 e. The number of esters is 1. The minimum atomic E-state index is -0.0600. The van der Waals surface area contributed by atoms with E-state index in [9.17, 15) is 4.79 Å². The Balaban J connectivity index is 0.00000300. The molecule has 0 radical (unpaired) electrons. The van der Waals surface area contributed by atoms with Crippen molar-refractivity contribution in [3.05, 3.63) is 22.4 Å². The number of piperidine rings is 1. The zero-order valence-corrected chi connectivity index (χ0v) is 20.5. The highest BCUT2D eigenvalue weighted by atomic mass is 127. The molecule has 0 aromatic carbocycles. The zero-order chi connectivity index (χ0) is 19.8. The predicted molar refractivity (Wildman–Crippen MR) is 127 cm³/mol. The van der Waals surface area contributed by atoms with E-state index < -0.39 is 0 Å². The lowest BCUT2D eigenvalue weighted by atomic mass is 9.97. The summed E-state index contributed by atoms with van der Waals surface area (Å²) in [6.07, 6.45) is 1.63. The summed E-state index contributed by atoms with van der Waals surface area (Å²) in [5.74, 6) is 0.869. The molecule has 9 heteroatoms. The first-order valence-electron chi connectivity index (χ1n) is 10.2. The summed E-state index contributed by atoms with van der Waals surface area (Å²) in [5.41, 5.74) is 0. The number of hydrogen-bond acceptors (Lipinski definition) is 6. The first-order chi connectivity index (χ1) is 13.7. The van der Waals surface area contributed by atoms with Gasteiger partial charge < -0.3 is 19.7 Å². The summed E-state index contributed by atoms with van der Waals surface area (Å²) in [6.45, 7) is 8.25. The third-order valence-corrected chi connectivity index (χ3v) is 6.41. The quantitative estimate of drug-likeness (QED) is 0.261. The molecule has 1 aromatic rings. The zero-order valence-electron chi connectivity index (χ0n) is 17.3. The lowest BCUT2D eigenvalue weighted by Gasteiger charge is -2.36. The minimum absolute atomic E-state index is 0. The molecule has 7 nitrogen and oxygen atoms in total. The molecule has 2 fully saturated rings. The molecule has 1 N–H and O–H groups in total. The van der Waals surface area contributed by atoms with Crippen molar-refractivity contribution in [2.45, 2.75) is 25.8 Å². The summed E-state index contributed by atoms with van der Waals surface area (Å²) in [7, 11) is 1.83. The fourth-order valence-electron chi connectivity index (χ4n) is 3.89. The summed E-state index contributed by atoms with van der Waals surface area (Å²) in [5, 5.41) is 5.71. The van der Waals surface area contributed by atoms with Crippen molar-refractivity contribution >= 4 is 47.2 Å². The number of hydrogen-bond donors (Lipinski definition) is 1. The van der Waals surface area contributed by atoms with Crippen molar-refractivity contribution in [3.63, 3.8) is 0 Å². The standard InChI is InChI=1S/C20H32N4O3S.HI/c1-3-27-19(25)16-6-8-24(9-7-16)20(21-2)22-15-17(18-5-4-14-28-18)23-10-12-26-13-11-23;/h4-5,14,16-17H,3,6-13,15H2,1-2H3,(H,21,22);1H. The first-order valence-corrected chi connectivity index (χ1v) is 11.1. The maximum absolute atomic E-state index is 12.0. The Morgan fingerprint density at radius 3 is 2.66 bits per heavy atom. The van der Waals surface area contributed by atoms with Gasteiger partial charge in [0, 0.05) is 44.6 Å². The van der Waals surface area contributed by atoms with Crippen molar-refractivity contribution in [1.82, 2.24) is 15.1 Å². The molecule has 0 spiro atoms. The lowest BCUT2D eigenvalue weighted by Crippen LogP contribution is -2.49. The monoisotopic (exact) mass is 536 g/mol. The van der Waals surface area contributed by atoms with E-state index in [1.165, 1.54) is 4.88 Å². The van der Waals surface area contributed by atoms with Gasteiger partial charge in [-0.3, -0.25) is 14.7 Å². The van der Waals surface area contributed by atoms with E-state index in [4.69, 9.17) is 9.47 Å². The molecule has 3 heterocycles. The molecule has 1 aromatic heterocycles. The molecule has 1 unspecified atom stereocenters. The highest BCUT2D eigenvalue weighted by Gasteiger charge is 2.28. The second-order valence-corrected chi connectivity index (χ2v) is 8.10. The van der Waals surface area contributed by atoms with Gasteiger partial charge in [0.05, 0.1) is 31.8 Å². The molecule has 2 aliphatic heterocycles. The van der Waals surface area contributed by atoms with Crippen LogP contribution in [0.25, 0.3) is 0 Å². The number of nitrogens with one attached hydrogen (secondary N) is 1. The van der Waals surface area contributed by atoms with E-state index in [0.717, 1.165) is 64.7 Å². The van der Waals surface area contributed by atoms with Crippen molar-refractivity contribution in [2.24, 2.45) is 10.9 Å². The van der Waals surface area contributed by atoms with E-state index in [0.29, 0.717) is 12.6 Å². The Kier molecular flexibility index (Phi) is 10.7. The maximum Gasteiger partial charge on any atom is 0.309 e. The smallest absolute Gasteiger partial charge is 0.309 e. The van der Waals surface area contributed by atoms with Gasteiger partial charge in [-0.05, 0) is 31.2 Å². The van der Waals surface area contributed by atoms with Crippen molar-refractivity contribution in [2.75, 3.05) is 59.6 Å². The number of guanidine groups is 1. The number of morpholine rings is 1. The van der Waals surface area contributed by atoms with Crippen LogP contribution in [0.3, 0.4) is 0 Å². The summed E-state index contributed by atoms with van der Waals surface area (Å²) >= 11 is 1.80. The summed E-state index contributed by atoms with van der Waals surface area (Å²) in [4.78, 5) is 22.6. The van der Waals surface area contributed by atoms with Gasteiger partial charge >= 0.3 is 5.97 Å². The Labute approximate surface area is 194 Å². The average Bonchev–Trinajstić information content (AvgIpc) is 3.27. The van der Waals surface area contributed by atoms with Gasteiger partial charge in [-0.25, -0.2) is 0 Å². The highest BCUT2D eigenvalue weighted by Crippen LogP contribution is 2.26. The number of halogens is 1. The fraction of sp³-hybridized carbons (Fsp3) is 0.700. The second kappa shape index (κ2) is 12.7. The van der Waals surface area contributed by atoms with Crippen LogP contribution in [0.5, 0.6) is 0 Å². The Hall–Kier alpha value is -0.910. The number of thiophene rings is 1. The second-order valence-electron chi connectivity index (χ2n) is 7.12. The summed E-state index contributed by atoms with van der Waals surface area (Å²) in [6, 6.07) is 4.64. The normalized spacial score (nSPS) is 20.1. The van der Waals surface area contributed by atoms with Gasteiger partial charge in [0.25, 0.3) is 0 Å². The van der Waals surface area contributed by atoms with Crippen LogP contribution in [0.1, 0.15) is 30.7 Å². The minimum Gasteiger partial charge on any atom is -0.466 e. The van der Waals surface area contributed by atoms with Gasteiger partial charge in [-0.15, -0.1) is 35.3 Å². The molecule has 2 aliphatic rings. The molecule has 0 aliphatic carbocycles. The van der Waals surface area contributed by atoms with Gasteiger partial charge in [0.15, 0.2) is 5.96 Å². The Morgan fingerprint density at radius 2 is 2.07 bits per heavy atom. The van der Waals surface area contributed by atoms with Gasteiger partial charge in [0.2, 0.25) is 0 Å². The van der Waals surface area contributed by atoms with Crippen LogP contribution in [0, 0.1) is 5.92 Å². The van der Waals surface area contributed by atoms with Crippen LogP contribution >= 0.6 is 35.3 Å². The number of aliphatic imine (C=N–C) groups is 1. The van der Waals surface area contributed by atoms with Crippen molar-refractivity contribution in [1.29, 1.82) is 0 Å². The van der Waals surface area contributed by atoms with E-state index in [1.807, 2.05) is 14.0 Å². The van der Waals surface area contributed by atoms with Gasteiger partial charge in [-0.2, -0.15) is 0 Å². The van der Waals surface area contributed by atoms with Crippen LogP contribution in [0.2, 0.25) is 0 Å². The molecule has 164 valence electrons. The average molecular weight is 536 g/mol. The van der Waals surface area contributed by atoms with Crippen molar-refractivity contribution in [3.8, 4) is 0 Å². The third kappa shape index (κ3) is 6.80. The molecule has 3 rings (SSSR count). The van der Waals surface area contributed by atoms with E-state index in [1.54, 1.807) is 11.3 Å².